The number of ether oxygens (including phenoxy) is 1. The van der Waals surface area contributed by atoms with Crippen LogP contribution in [-0.2, 0) is 14.6 Å². The Labute approximate surface area is 121 Å². The highest BCUT2D eigenvalue weighted by atomic mass is 32.2. The molecule has 2 atom stereocenters. The van der Waals surface area contributed by atoms with Gasteiger partial charge in [-0.1, -0.05) is 25.8 Å². The molecule has 1 saturated carbocycles. The Balaban J connectivity index is 1.87. The van der Waals surface area contributed by atoms with Gasteiger partial charge in [0.2, 0.25) is 0 Å². The number of rotatable bonds is 5. The number of hydrogen-bond donors (Lipinski definition) is 0. The summed E-state index contributed by atoms with van der Waals surface area (Å²) in [5, 5.41) is 0.142. The minimum atomic E-state index is -3.33. The van der Waals surface area contributed by atoms with Crippen LogP contribution in [-0.4, -0.2) is 31.9 Å². The Morgan fingerprint density at radius 2 is 2.05 bits per heavy atom. The Morgan fingerprint density at radius 1 is 1.30 bits per heavy atom. The van der Waals surface area contributed by atoms with Gasteiger partial charge in [-0.25, -0.2) is 13.4 Å². The summed E-state index contributed by atoms with van der Waals surface area (Å²) in [7, 11) is -3.33. The van der Waals surface area contributed by atoms with Crippen LogP contribution in [0.3, 0.4) is 0 Å². The number of nitrogens with zero attached hydrogens (tertiary/aromatic N) is 1. The van der Waals surface area contributed by atoms with E-state index in [2.05, 4.69) is 11.9 Å². The van der Waals surface area contributed by atoms with Crippen LogP contribution in [0.1, 0.15) is 38.2 Å². The van der Waals surface area contributed by atoms with E-state index in [1.807, 2.05) is 6.92 Å². The maximum Gasteiger partial charge on any atom is 0.197 e. The lowest BCUT2D eigenvalue weighted by Crippen LogP contribution is -2.27. The predicted octanol–water partition coefficient (Wildman–Crippen LogP) is 2.76. The molecule has 112 valence electrons. The van der Waals surface area contributed by atoms with Crippen molar-refractivity contribution in [3.63, 3.8) is 0 Å². The Bertz CT molecular complexity index is 525. The maximum atomic E-state index is 12.1. The lowest BCUT2D eigenvalue weighted by Gasteiger charge is -2.28. The van der Waals surface area contributed by atoms with Crippen molar-refractivity contribution in [1.82, 2.24) is 4.98 Å². The van der Waals surface area contributed by atoms with Crippen molar-refractivity contribution in [3.8, 4) is 0 Å². The van der Waals surface area contributed by atoms with Crippen LogP contribution >= 0.6 is 0 Å². The summed E-state index contributed by atoms with van der Waals surface area (Å²) < 4.78 is 30.0. The van der Waals surface area contributed by atoms with E-state index < -0.39 is 9.84 Å². The number of sulfone groups is 1. The van der Waals surface area contributed by atoms with Gasteiger partial charge in [0.05, 0.1) is 18.5 Å². The fourth-order valence-corrected chi connectivity index (χ4v) is 3.60. The van der Waals surface area contributed by atoms with Crippen LogP contribution in [0.5, 0.6) is 0 Å². The molecule has 0 bridgehead atoms. The van der Waals surface area contributed by atoms with Crippen LogP contribution in [0.25, 0.3) is 0 Å². The summed E-state index contributed by atoms with van der Waals surface area (Å²) in [5.74, 6) is 0.538. The first-order valence-electron chi connectivity index (χ1n) is 7.26. The van der Waals surface area contributed by atoms with E-state index in [0.29, 0.717) is 5.92 Å². The molecule has 0 amide bonds. The molecule has 0 aromatic carbocycles. The van der Waals surface area contributed by atoms with Gasteiger partial charge < -0.3 is 4.74 Å². The molecule has 1 aromatic rings. The van der Waals surface area contributed by atoms with E-state index in [1.54, 1.807) is 18.3 Å². The third-order valence-corrected chi connectivity index (χ3v) is 5.50. The average molecular weight is 297 g/mol. The molecular weight excluding hydrogens is 274 g/mol. The van der Waals surface area contributed by atoms with E-state index in [4.69, 9.17) is 4.74 Å². The smallest absolute Gasteiger partial charge is 0.197 e. The number of pyridine rings is 1. The molecule has 1 fully saturated rings. The topological polar surface area (TPSA) is 56.3 Å². The first-order chi connectivity index (χ1) is 9.49. The van der Waals surface area contributed by atoms with Crippen molar-refractivity contribution >= 4 is 9.84 Å². The minimum absolute atomic E-state index is 0.00623. The summed E-state index contributed by atoms with van der Waals surface area (Å²) in [4.78, 5) is 3.99. The second kappa shape index (κ2) is 6.68. The zero-order chi connectivity index (χ0) is 14.6. The largest absolute Gasteiger partial charge is 0.377 e. The van der Waals surface area contributed by atoms with Gasteiger partial charge >= 0.3 is 0 Å². The zero-order valence-electron chi connectivity index (χ0n) is 12.2. The molecule has 0 N–H and O–H groups in total. The molecule has 0 spiro atoms. The molecule has 4 nitrogen and oxygen atoms in total. The predicted molar refractivity (Wildman–Crippen MR) is 78.4 cm³/mol. The fourth-order valence-electron chi connectivity index (χ4n) is 2.58. The zero-order valence-corrected chi connectivity index (χ0v) is 13.0. The van der Waals surface area contributed by atoms with Gasteiger partial charge in [0.25, 0.3) is 0 Å². The summed E-state index contributed by atoms with van der Waals surface area (Å²) >= 11 is 0. The monoisotopic (exact) mass is 297 g/mol. The van der Waals surface area contributed by atoms with E-state index in [0.717, 1.165) is 12.0 Å². The van der Waals surface area contributed by atoms with E-state index in [9.17, 15) is 8.42 Å². The van der Waals surface area contributed by atoms with Gasteiger partial charge in [-0.2, -0.15) is 0 Å². The second-order valence-corrected chi connectivity index (χ2v) is 7.72. The van der Waals surface area contributed by atoms with Crippen molar-refractivity contribution in [1.29, 1.82) is 0 Å². The molecule has 0 unspecified atom stereocenters. The van der Waals surface area contributed by atoms with Crippen LogP contribution in [0.15, 0.2) is 23.4 Å². The molecule has 1 aliphatic rings. The van der Waals surface area contributed by atoms with Gasteiger partial charge in [-0.3, -0.25) is 0 Å². The van der Waals surface area contributed by atoms with E-state index in [-0.39, 0.29) is 23.5 Å². The van der Waals surface area contributed by atoms with Gasteiger partial charge in [0.15, 0.2) is 14.9 Å². The first-order valence-corrected chi connectivity index (χ1v) is 8.91. The molecule has 1 aromatic heterocycles. The molecule has 0 aliphatic heterocycles. The van der Waals surface area contributed by atoms with Gasteiger partial charge in [-0.15, -0.1) is 0 Å². The lowest BCUT2D eigenvalue weighted by molar-refractivity contribution is 0.00301. The third kappa shape index (κ3) is 4.03. The molecule has 5 heteroatoms. The normalized spacial score (nSPS) is 23.7. The second-order valence-electron chi connectivity index (χ2n) is 5.66. The molecule has 1 heterocycles. The molecular formula is C15H23NO3S. The molecule has 20 heavy (non-hydrogen) atoms. The molecule has 0 radical (unpaired) electrons. The molecule has 0 saturated heterocycles. The SMILES string of the molecule is Cc1ccc(S(=O)(=O)CCO[C@@H]2CCCC[C@@H]2C)nc1. The van der Waals surface area contributed by atoms with Crippen molar-refractivity contribution in [3.05, 3.63) is 23.9 Å². The number of aromatic nitrogens is 1. The summed E-state index contributed by atoms with van der Waals surface area (Å²) in [6.07, 6.45) is 6.45. The summed E-state index contributed by atoms with van der Waals surface area (Å²) in [6, 6.07) is 3.33. The highest BCUT2D eigenvalue weighted by Crippen LogP contribution is 2.26. The minimum Gasteiger partial charge on any atom is -0.377 e. The maximum absolute atomic E-state index is 12.1. The first kappa shape index (κ1) is 15.4. The molecule has 2 rings (SSSR count). The standard InChI is InChI=1S/C15H23NO3S/c1-12-7-8-15(16-11-12)20(17,18)10-9-19-14-6-4-3-5-13(14)2/h7-8,11,13-14H,3-6,9-10H2,1-2H3/t13-,14+/m0/s1. The third-order valence-electron chi connectivity index (χ3n) is 3.92. The van der Waals surface area contributed by atoms with Crippen LogP contribution in [0.2, 0.25) is 0 Å². The van der Waals surface area contributed by atoms with E-state index >= 15 is 0 Å². The fraction of sp³-hybridized carbons (Fsp3) is 0.667. The highest BCUT2D eigenvalue weighted by molar-refractivity contribution is 7.91. The van der Waals surface area contributed by atoms with Crippen LogP contribution < -0.4 is 0 Å². The Kier molecular flexibility index (Phi) is 5.16. The number of hydrogen-bond acceptors (Lipinski definition) is 4. The highest BCUT2D eigenvalue weighted by Gasteiger charge is 2.23. The van der Waals surface area contributed by atoms with Crippen molar-refractivity contribution in [2.24, 2.45) is 5.92 Å². The van der Waals surface area contributed by atoms with Crippen molar-refractivity contribution in [2.45, 2.75) is 50.7 Å². The Morgan fingerprint density at radius 3 is 2.70 bits per heavy atom. The van der Waals surface area contributed by atoms with Crippen LogP contribution in [0.4, 0.5) is 0 Å². The average Bonchev–Trinajstić information content (AvgIpc) is 2.41. The quantitative estimate of drug-likeness (QED) is 0.838. The lowest BCUT2D eigenvalue weighted by atomic mass is 9.88. The van der Waals surface area contributed by atoms with Gasteiger partial charge in [0, 0.05) is 6.20 Å². The van der Waals surface area contributed by atoms with E-state index in [1.165, 1.54) is 19.3 Å². The summed E-state index contributed by atoms with van der Waals surface area (Å²) in [5.41, 5.74) is 0.955. The Hall–Kier alpha value is -0.940. The van der Waals surface area contributed by atoms with Crippen molar-refractivity contribution in [2.75, 3.05) is 12.4 Å². The molecule has 1 aliphatic carbocycles. The van der Waals surface area contributed by atoms with Gasteiger partial charge in [-0.05, 0) is 37.3 Å². The van der Waals surface area contributed by atoms with Crippen molar-refractivity contribution < 1.29 is 13.2 Å². The van der Waals surface area contributed by atoms with Crippen LogP contribution in [0, 0.1) is 12.8 Å². The number of aryl methyl sites for hydroxylation is 1. The van der Waals surface area contributed by atoms with Gasteiger partial charge in [0.1, 0.15) is 0 Å². The summed E-state index contributed by atoms with van der Waals surface area (Å²) in [6.45, 7) is 4.32.